The third kappa shape index (κ3) is 2.69. The summed E-state index contributed by atoms with van der Waals surface area (Å²) >= 11 is 3.23. The summed E-state index contributed by atoms with van der Waals surface area (Å²) in [7, 11) is 0. The highest BCUT2D eigenvalue weighted by Gasteiger charge is 2.10. The fraction of sp³-hybridized carbons (Fsp3) is 0.125. The Labute approximate surface area is 90.5 Å². The highest BCUT2D eigenvalue weighted by molar-refractivity contribution is 9.10. The first-order chi connectivity index (χ1) is 5.66. The van der Waals surface area contributed by atoms with E-state index in [1.54, 1.807) is 12.1 Å². The van der Waals surface area contributed by atoms with Crippen molar-refractivity contribution in [2.75, 3.05) is 0 Å². The van der Waals surface area contributed by atoms with Crippen molar-refractivity contribution in [1.29, 1.82) is 0 Å². The molecule has 0 heterocycles. The summed E-state index contributed by atoms with van der Waals surface area (Å²) < 4.78 is 0.741. The van der Waals surface area contributed by atoms with Gasteiger partial charge in [0.05, 0.1) is 5.56 Å². The maximum absolute atomic E-state index is 10.7. The van der Waals surface area contributed by atoms with Crippen LogP contribution in [-0.2, 0) is 6.54 Å². The first kappa shape index (κ1) is 12.4. The number of hydrogen-bond donors (Lipinski definition) is 2. The van der Waals surface area contributed by atoms with Gasteiger partial charge in [-0.15, -0.1) is 12.4 Å². The zero-order valence-corrected chi connectivity index (χ0v) is 9.06. The number of benzene rings is 1. The summed E-state index contributed by atoms with van der Waals surface area (Å²) in [6.07, 6.45) is 0. The summed E-state index contributed by atoms with van der Waals surface area (Å²) in [5.74, 6) is -0.947. The molecule has 0 bridgehead atoms. The van der Waals surface area contributed by atoms with Crippen LogP contribution < -0.4 is 5.73 Å². The van der Waals surface area contributed by atoms with Crippen molar-refractivity contribution in [3.05, 3.63) is 33.8 Å². The number of aromatic carboxylic acids is 1. The van der Waals surface area contributed by atoms with Gasteiger partial charge < -0.3 is 10.8 Å². The van der Waals surface area contributed by atoms with Crippen LogP contribution in [0.15, 0.2) is 22.7 Å². The molecular weight excluding hydrogens is 257 g/mol. The van der Waals surface area contributed by atoms with E-state index in [0.29, 0.717) is 5.56 Å². The Morgan fingerprint density at radius 1 is 1.54 bits per heavy atom. The lowest BCUT2D eigenvalue weighted by Gasteiger charge is -2.04. The summed E-state index contributed by atoms with van der Waals surface area (Å²) in [5, 5.41) is 8.74. The lowest BCUT2D eigenvalue weighted by molar-refractivity contribution is 0.0695. The summed E-state index contributed by atoms with van der Waals surface area (Å²) in [4.78, 5) is 10.7. The number of hydrogen-bond acceptors (Lipinski definition) is 2. The predicted octanol–water partition coefficient (Wildman–Crippen LogP) is 2.03. The maximum Gasteiger partial charge on any atom is 0.336 e. The molecule has 72 valence electrons. The summed E-state index contributed by atoms with van der Waals surface area (Å²) in [6.45, 7) is 0.225. The first-order valence-electron chi connectivity index (χ1n) is 3.37. The predicted molar refractivity (Wildman–Crippen MR) is 56.2 cm³/mol. The fourth-order valence-electron chi connectivity index (χ4n) is 0.966. The van der Waals surface area contributed by atoms with Crippen LogP contribution in [0.1, 0.15) is 15.9 Å². The summed E-state index contributed by atoms with van der Waals surface area (Å²) in [5.41, 5.74) is 6.28. The minimum atomic E-state index is -0.947. The Hall–Kier alpha value is -0.580. The highest BCUT2D eigenvalue weighted by Crippen LogP contribution is 2.19. The van der Waals surface area contributed by atoms with Gasteiger partial charge in [-0.2, -0.15) is 0 Å². The van der Waals surface area contributed by atoms with Crippen LogP contribution in [0.25, 0.3) is 0 Å². The van der Waals surface area contributed by atoms with Gasteiger partial charge in [0.2, 0.25) is 0 Å². The number of halogens is 2. The smallest absolute Gasteiger partial charge is 0.336 e. The molecule has 0 aliphatic rings. The van der Waals surface area contributed by atoms with Gasteiger partial charge in [-0.25, -0.2) is 4.79 Å². The molecule has 0 saturated heterocycles. The monoisotopic (exact) mass is 265 g/mol. The van der Waals surface area contributed by atoms with Crippen molar-refractivity contribution in [2.24, 2.45) is 5.73 Å². The average Bonchev–Trinajstić information content (AvgIpc) is 2.03. The van der Waals surface area contributed by atoms with Gasteiger partial charge in [0, 0.05) is 11.0 Å². The van der Waals surface area contributed by atoms with E-state index in [0.717, 1.165) is 4.47 Å². The highest BCUT2D eigenvalue weighted by atomic mass is 79.9. The number of carbonyl (C=O) groups is 1. The third-order valence-electron chi connectivity index (χ3n) is 1.55. The number of nitrogens with two attached hydrogens (primary N) is 1. The lowest BCUT2D eigenvalue weighted by atomic mass is 10.1. The van der Waals surface area contributed by atoms with Crippen LogP contribution in [-0.4, -0.2) is 11.1 Å². The fourth-order valence-corrected chi connectivity index (χ4v) is 1.49. The summed E-state index contributed by atoms with van der Waals surface area (Å²) in [6, 6.07) is 4.98. The van der Waals surface area contributed by atoms with Gasteiger partial charge in [0.1, 0.15) is 0 Å². The molecule has 0 aliphatic heterocycles. The first-order valence-corrected chi connectivity index (χ1v) is 4.17. The molecule has 5 heteroatoms. The molecule has 0 radical (unpaired) electrons. The van der Waals surface area contributed by atoms with Crippen molar-refractivity contribution >= 4 is 34.3 Å². The number of rotatable bonds is 2. The molecule has 0 aliphatic carbocycles. The van der Waals surface area contributed by atoms with Gasteiger partial charge in [-0.05, 0) is 17.7 Å². The molecule has 0 amide bonds. The van der Waals surface area contributed by atoms with Crippen LogP contribution in [0.4, 0.5) is 0 Å². The topological polar surface area (TPSA) is 63.3 Å². The van der Waals surface area contributed by atoms with Gasteiger partial charge in [-0.3, -0.25) is 0 Å². The van der Waals surface area contributed by atoms with Crippen molar-refractivity contribution in [3.63, 3.8) is 0 Å². The van der Waals surface area contributed by atoms with E-state index >= 15 is 0 Å². The van der Waals surface area contributed by atoms with Gasteiger partial charge >= 0.3 is 5.97 Å². The van der Waals surface area contributed by atoms with Crippen LogP contribution >= 0.6 is 28.3 Å². The molecule has 0 aromatic heterocycles. The zero-order valence-electron chi connectivity index (χ0n) is 6.66. The molecule has 13 heavy (non-hydrogen) atoms. The minimum Gasteiger partial charge on any atom is -0.478 e. The van der Waals surface area contributed by atoms with E-state index < -0.39 is 5.97 Å². The standard InChI is InChI=1S/C8H8BrNO2.ClH/c9-7-3-1-2-5(8(11)12)6(7)4-10;/h1-3H,4,10H2,(H,11,12);1H. The SMILES string of the molecule is Cl.NCc1c(Br)cccc1C(=O)O. The van der Waals surface area contributed by atoms with E-state index in [1.165, 1.54) is 6.07 Å². The van der Waals surface area contributed by atoms with Gasteiger partial charge in [0.15, 0.2) is 0 Å². The van der Waals surface area contributed by atoms with Crippen LogP contribution in [0.5, 0.6) is 0 Å². The molecular formula is C8H9BrClNO2. The molecule has 3 nitrogen and oxygen atoms in total. The average molecular weight is 267 g/mol. The second-order valence-corrected chi connectivity index (χ2v) is 3.13. The molecule has 0 fully saturated rings. The zero-order chi connectivity index (χ0) is 9.14. The van der Waals surface area contributed by atoms with E-state index in [9.17, 15) is 4.79 Å². The normalized spacial score (nSPS) is 9.08. The van der Waals surface area contributed by atoms with Gasteiger partial charge in [-0.1, -0.05) is 22.0 Å². The van der Waals surface area contributed by atoms with Crippen molar-refractivity contribution in [2.45, 2.75) is 6.54 Å². The lowest BCUT2D eigenvalue weighted by Crippen LogP contribution is -2.07. The quantitative estimate of drug-likeness (QED) is 0.861. The van der Waals surface area contributed by atoms with Crippen molar-refractivity contribution in [3.8, 4) is 0 Å². The number of carboxylic acid groups (broad SMARTS) is 1. The molecule has 3 N–H and O–H groups in total. The molecule has 0 spiro atoms. The third-order valence-corrected chi connectivity index (χ3v) is 2.30. The minimum absolute atomic E-state index is 0. The molecule has 0 unspecified atom stereocenters. The number of carboxylic acids is 1. The van der Waals surface area contributed by atoms with Gasteiger partial charge in [0.25, 0.3) is 0 Å². The molecule has 1 aromatic carbocycles. The molecule has 1 aromatic rings. The maximum atomic E-state index is 10.7. The second-order valence-electron chi connectivity index (χ2n) is 2.28. The van der Waals surface area contributed by atoms with E-state index in [4.69, 9.17) is 10.8 Å². The van der Waals surface area contributed by atoms with Crippen LogP contribution in [0.3, 0.4) is 0 Å². The Morgan fingerprint density at radius 2 is 2.15 bits per heavy atom. The molecule has 0 saturated carbocycles. The second kappa shape index (κ2) is 5.21. The van der Waals surface area contributed by atoms with Crippen molar-refractivity contribution < 1.29 is 9.90 Å². The van der Waals surface area contributed by atoms with E-state index in [2.05, 4.69) is 15.9 Å². The molecule has 0 atom stereocenters. The Kier molecular flexibility index (Phi) is 4.98. The van der Waals surface area contributed by atoms with E-state index in [-0.39, 0.29) is 24.5 Å². The Morgan fingerprint density at radius 3 is 2.54 bits per heavy atom. The van der Waals surface area contributed by atoms with Crippen LogP contribution in [0.2, 0.25) is 0 Å². The van der Waals surface area contributed by atoms with Crippen LogP contribution in [0, 0.1) is 0 Å². The van der Waals surface area contributed by atoms with E-state index in [1.807, 2.05) is 0 Å². The Balaban J connectivity index is 0.00000144. The largest absolute Gasteiger partial charge is 0.478 e. The Bertz CT molecular complexity index is 317. The molecule has 1 rings (SSSR count). The van der Waals surface area contributed by atoms with Crippen molar-refractivity contribution in [1.82, 2.24) is 0 Å².